The molecule has 0 heterocycles. The van der Waals surface area contributed by atoms with Crippen molar-refractivity contribution >= 4 is 5.91 Å². The van der Waals surface area contributed by atoms with Crippen molar-refractivity contribution in [2.24, 2.45) is 5.73 Å². The fourth-order valence-corrected chi connectivity index (χ4v) is 3.91. The molecule has 0 aromatic heterocycles. The Morgan fingerprint density at radius 2 is 1.56 bits per heavy atom. The predicted octanol–water partition coefficient (Wildman–Crippen LogP) is 5.05. The second-order valence-corrected chi connectivity index (χ2v) is 8.03. The maximum absolute atomic E-state index is 11.6. The van der Waals surface area contributed by atoms with Crippen LogP contribution in [0.2, 0.25) is 0 Å². The van der Waals surface area contributed by atoms with Crippen molar-refractivity contribution in [1.82, 2.24) is 5.32 Å². The molecule has 0 atom stereocenters. The number of rotatable bonds is 17. The molecule has 0 spiro atoms. The van der Waals surface area contributed by atoms with Gasteiger partial charge in [0.2, 0.25) is 5.91 Å². The molecule has 2 aromatic rings. The van der Waals surface area contributed by atoms with E-state index in [1.807, 2.05) is 19.1 Å². The first-order valence-corrected chi connectivity index (χ1v) is 12.1. The highest BCUT2D eigenvalue weighted by Crippen LogP contribution is 2.27. The molecule has 176 valence electrons. The fraction of sp³-hybridized carbons (Fsp3) is 0.519. The second kappa shape index (κ2) is 15.4. The van der Waals surface area contributed by atoms with E-state index < -0.39 is 0 Å². The van der Waals surface area contributed by atoms with Crippen molar-refractivity contribution in [1.29, 1.82) is 0 Å². The van der Waals surface area contributed by atoms with Gasteiger partial charge in [0.25, 0.3) is 0 Å². The van der Waals surface area contributed by atoms with Gasteiger partial charge >= 0.3 is 0 Å². The molecule has 2 aromatic carbocycles. The first kappa shape index (κ1) is 25.9. The molecule has 5 heteroatoms. The minimum atomic E-state index is -0.375. The van der Waals surface area contributed by atoms with Gasteiger partial charge in [0.15, 0.2) is 0 Å². The highest BCUT2D eigenvalue weighted by atomic mass is 16.5. The van der Waals surface area contributed by atoms with Gasteiger partial charge in [0, 0.05) is 31.7 Å². The zero-order valence-corrected chi connectivity index (χ0v) is 19.8. The lowest BCUT2D eigenvalue weighted by Gasteiger charge is -2.16. The highest BCUT2D eigenvalue weighted by Gasteiger charge is 2.14. The third-order valence-electron chi connectivity index (χ3n) is 5.62. The number of primary amides is 1. The lowest BCUT2D eigenvalue weighted by Crippen LogP contribution is -2.15. The normalized spacial score (nSPS) is 10.9. The molecule has 0 aliphatic carbocycles. The van der Waals surface area contributed by atoms with E-state index in [1.165, 1.54) is 24.8 Å². The Morgan fingerprint density at radius 1 is 0.844 bits per heavy atom. The molecule has 0 fully saturated rings. The van der Waals surface area contributed by atoms with Gasteiger partial charge in [-0.2, -0.15) is 0 Å². The standard InChI is InChI=1S/C27H40N2O3/c1-3-23-24(4-2)26(16-15-25(23)27(28)30)32-20-12-19-31-18-11-6-5-10-17-29-21-22-13-8-7-9-14-22/h7-9,13-16,29H,3-6,10-12,17-21H2,1-2H3,(H2,28,30). The number of benzene rings is 2. The molecule has 5 nitrogen and oxygen atoms in total. The number of nitrogens with two attached hydrogens (primary N) is 1. The van der Waals surface area contributed by atoms with E-state index in [0.717, 1.165) is 62.3 Å². The van der Waals surface area contributed by atoms with E-state index in [2.05, 4.69) is 36.5 Å². The molecule has 2 rings (SSSR count). The summed E-state index contributed by atoms with van der Waals surface area (Å²) in [7, 11) is 0. The Hall–Kier alpha value is -2.37. The average molecular weight is 441 g/mol. The second-order valence-electron chi connectivity index (χ2n) is 8.03. The molecule has 0 aliphatic rings. The minimum absolute atomic E-state index is 0.375. The first-order chi connectivity index (χ1) is 15.7. The fourth-order valence-electron chi connectivity index (χ4n) is 3.91. The molecule has 1 amide bonds. The van der Waals surface area contributed by atoms with E-state index in [-0.39, 0.29) is 5.91 Å². The van der Waals surface area contributed by atoms with Gasteiger partial charge in [-0.05, 0) is 61.1 Å². The molecule has 0 radical (unpaired) electrons. The molecular formula is C27H40N2O3. The van der Waals surface area contributed by atoms with Crippen LogP contribution in [0.4, 0.5) is 0 Å². The van der Waals surface area contributed by atoms with E-state index >= 15 is 0 Å². The van der Waals surface area contributed by atoms with Gasteiger partial charge in [-0.1, -0.05) is 57.0 Å². The van der Waals surface area contributed by atoms with Crippen LogP contribution in [0.5, 0.6) is 5.75 Å². The summed E-state index contributed by atoms with van der Waals surface area (Å²) in [5, 5.41) is 3.50. The molecule has 0 saturated carbocycles. The van der Waals surface area contributed by atoms with Crippen LogP contribution >= 0.6 is 0 Å². The number of ether oxygens (including phenoxy) is 2. The van der Waals surface area contributed by atoms with Crippen LogP contribution in [0.15, 0.2) is 42.5 Å². The zero-order valence-electron chi connectivity index (χ0n) is 19.8. The monoisotopic (exact) mass is 440 g/mol. The molecule has 32 heavy (non-hydrogen) atoms. The average Bonchev–Trinajstić information content (AvgIpc) is 2.81. The third-order valence-corrected chi connectivity index (χ3v) is 5.62. The van der Waals surface area contributed by atoms with Gasteiger partial charge in [-0.3, -0.25) is 4.79 Å². The summed E-state index contributed by atoms with van der Waals surface area (Å²) in [6.45, 7) is 8.26. The molecule has 0 aliphatic heterocycles. The molecule has 0 saturated heterocycles. The van der Waals surface area contributed by atoms with Gasteiger partial charge < -0.3 is 20.5 Å². The van der Waals surface area contributed by atoms with Gasteiger partial charge in [-0.15, -0.1) is 0 Å². The maximum atomic E-state index is 11.6. The first-order valence-electron chi connectivity index (χ1n) is 12.1. The van der Waals surface area contributed by atoms with Crippen molar-refractivity contribution in [3.05, 3.63) is 64.7 Å². The number of carbonyl (C=O) groups is 1. The largest absolute Gasteiger partial charge is 0.493 e. The smallest absolute Gasteiger partial charge is 0.248 e. The predicted molar refractivity (Wildman–Crippen MR) is 131 cm³/mol. The van der Waals surface area contributed by atoms with Crippen LogP contribution in [-0.4, -0.2) is 32.3 Å². The number of hydrogen-bond acceptors (Lipinski definition) is 4. The van der Waals surface area contributed by atoms with E-state index in [1.54, 1.807) is 6.07 Å². The van der Waals surface area contributed by atoms with Gasteiger partial charge in [-0.25, -0.2) is 0 Å². The van der Waals surface area contributed by atoms with Gasteiger partial charge in [0.05, 0.1) is 6.61 Å². The number of unbranched alkanes of at least 4 members (excludes halogenated alkanes) is 3. The lowest BCUT2D eigenvalue weighted by atomic mass is 9.96. The topological polar surface area (TPSA) is 73.6 Å². The Morgan fingerprint density at radius 3 is 2.28 bits per heavy atom. The summed E-state index contributed by atoms with van der Waals surface area (Å²) in [5.74, 6) is 0.482. The number of amides is 1. The van der Waals surface area contributed by atoms with Crippen molar-refractivity contribution in [3.63, 3.8) is 0 Å². The van der Waals surface area contributed by atoms with E-state index in [9.17, 15) is 4.79 Å². The summed E-state index contributed by atoms with van der Waals surface area (Å²) in [6, 6.07) is 14.2. The summed E-state index contributed by atoms with van der Waals surface area (Å²) in [4.78, 5) is 11.6. The molecule has 3 N–H and O–H groups in total. The SMILES string of the molecule is CCc1c(OCCCOCCCCCCNCc2ccccc2)ccc(C(N)=O)c1CC. The van der Waals surface area contributed by atoms with E-state index in [0.29, 0.717) is 18.8 Å². The summed E-state index contributed by atoms with van der Waals surface area (Å²) in [6.07, 6.45) is 7.18. The summed E-state index contributed by atoms with van der Waals surface area (Å²) < 4.78 is 11.7. The third kappa shape index (κ3) is 9.01. The zero-order chi connectivity index (χ0) is 23.0. The number of carbonyl (C=O) groups excluding carboxylic acids is 1. The Bertz CT molecular complexity index is 793. The van der Waals surface area contributed by atoms with Crippen LogP contribution in [-0.2, 0) is 24.1 Å². The lowest BCUT2D eigenvalue weighted by molar-refractivity contribution is 0.0999. The van der Waals surface area contributed by atoms with Crippen LogP contribution in [0.25, 0.3) is 0 Å². The van der Waals surface area contributed by atoms with Crippen molar-refractivity contribution in [2.75, 3.05) is 26.4 Å². The Labute approximate surface area is 193 Å². The van der Waals surface area contributed by atoms with Crippen LogP contribution in [0.1, 0.15) is 73.0 Å². The summed E-state index contributed by atoms with van der Waals surface area (Å²) >= 11 is 0. The summed E-state index contributed by atoms with van der Waals surface area (Å²) in [5.41, 5.74) is 9.54. The Kier molecular flexibility index (Phi) is 12.5. The Balaban J connectivity index is 1.50. The van der Waals surface area contributed by atoms with Crippen LogP contribution in [0.3, 0.4) is 0 Å². The molecule has 0 unspecified atom stereocenters. The quantitative estimate of drug-likeness (QED) is 0.338. The maximum Gasteiger partial charge on any atom is 0.248 e. The van der Waals surface area contributed by atoms with Gasteiger partial charge in [0.1, 0.15) is 5.75 Å². The number of hydrogen-bond donors (Lipinski definition) is 2. The van der Waals surface area contributed by atoms with Crippen molar-refractivity contribution in [3.8, 4) is 5.75 Å². The minimum Gasteiger partial charge on any atom is -0.493 e. The van der Waals surface area contributed by atoms with Crippen molar-refractivity contribution < 1.29 is 14.3 Å². The van der Waals surface area contributed by atoms with Crippen LogP contribution < -0.4 is 15.8 Å². The molecule has 0 bridgehead atoms. The van der Waals surface area contributed by atoms with Crippen molar-refractivity contribution in [2.45, 2.75) is 65.3 Å². The van der Waals surface area contributed by atoms with Crippen LogP contribution in [0, 0.1) is 0 Å². The highest BCUT2D eigenvalue weighted by molar-refractivity contribution is 5.95. The number of nitrogens with one attached hydrogen (secondary N) is 1. The van der Waals surface area contributed by atoms with E-state index in [4.69, 9.17) is 15.2 Å². The molecular weight excluding hydrogens is 400 g/mol.